The summed E-state index contributed by atoms with van der Waals surface area (Å²) in [6.45, 7) is 1.73. The number of hydrogen-bond donors (Lipinski definition) is 3. The number of carboxylic acid groups (broad SMARTS) is 1. The quantitative estimate of drug-likeness (QED) is 0.259. The number of aromatic carboxylic acids is 1. The number of carboxylic acids is 1. The Morgan fingerprint density at radius 2 is 1.74 bits per heavy atom. The number of imidazole rings is 1. The molecular weight excluding hydrogens is 452 g/mol. The number of hydrogen-bond acceptors (Lipinski definition) is 5. The number of carbonyl (C=O) groups is 1. The predicted molar refractivity (Wildman–Crippen MR) is 132 cm³/mol. The summed E-state index contributed by atoms with van der Waals surface area (Å²) < 4.78 is 5.75. The van der Waals surface area contributed by atoms with Crippen LogP contribution in [0.4, 0.5) is 5.69 Å². The van der Waals surface area contributed by atoms with Crippen molar-refractivity contribution in [3.8, 4) is 34.1 Å². The molecule has 0 atom stereocenters. The van der Waals surface area contributed by atoms with Crippen LogP contribution in [0.5, 0.6) is 11.8 Å². The molecule has 0 amide bonds. The number of nitrogen functional groups attached to an aromatic ring is 1. The zero-order chi connectivity index (χ0) is 23.8. The molecule has 0 bridgehead atoms. The van der Waals surface area contributed by atoms with Crippen LogP contribution in [0, 0.1) is 6.92 Å². The molecule has 0 saturated carbocycles. The number of ether oxygens (including phenoxy) is 1. The van der Waals surface area contributed by atoms with Gasteiger partial charge in [0.25, 0.3) is 0 Å². The third-order valence-electron chi connectivity index (χ3n) is 5.49. The van der Waals surface area contributed by atoms with Gasteiger partial charge in [-0.2, -0.15) is 4.98 Å². The Hall–Kier alpha value is -4.36. The van der Waals surface area contributed by atoms with Crippen LogP contribution in [0.3, 0.4) is 0 Å². The van der Waals surface area contributed by atoms with Crippen molar-refractivity contribution in [1.29, 1.82) is 0 Å². The maximum Gasteiger partial charge on any atom is 0.336 e. The number of anilines is 1. The normalized spacial score (nSPS) is 11.0. The topological polar surface area (TPSA) is 114 Å². The van der Waals surface area contributed by atoms with Crippen molar-refractivity contribution in [2.45, 2.75) is 6.92 Å². The van der Waals surface area contributed by atoms with Crippen LogP contribution in [0.25, 0.3) is 33.5 Å². The van der Waals surface area contributed by atoms with Gasteiger partial charge in [0.2, 0.25) is 0 Å². The van der Waals surface area contributed by atoms with Gasteiger partial charge in [0.1, 0.15) is 5.75 Å². The number of pyridine rings is 1. The fourth-order valence-corrected chi connectivity index (χ4v) is 3.98. The van der Waals surface area contributed by atoms with E-state index in [-0.39, 0.29) is 11.6 Å². The van der Waals surface area contributed by atoms with Gasteiger partial charge >= 0.3 is 12.0 Å². The van der Waals surface area contributed by atoms with Gasteiger partial charge in [-0.05, 0) is 42.3 Å². The van der Waals surface area contributed by atoms with Crippen LogP contribution in [-0.4, -0.2) is 26.0 Å². The van der Waals surface area contributed by atoms with E-state index in [4.69, 9.17) is 22.1 Å². The minimum Gasteiger partial charge on any atom is -0.478 e. The predicted octanol–water partition coefficient (Wildman–Crippen LogP) is 6.33. The van der Waals surface area contributed by atoms with Gasteiger partial charge in [-0.1, -0.05) is 60.1 Å². The van der Waals surface area contributed by atoms with Crippen molar-refractivity contribution in [3.05, 3.63) is 88.9 Å². The summed E-state index contributed by atoms with van der Waals surface area (Å²) in [7, 11) is 0. The Bertz CT molecular complexity index is 1540. The number of benzene rings is 3. The van der Waals surface area contributed by atoms with E-state index >= 15 is 0 Å². The fourth-order valence-electron chi connectivity index (χ4n) is 3.72. The van der Waals surface area contributed by atoms with Crippen molar-refractivity contribution in [3.63, 3.8) is 0 Å². The molecule has 2 aromatic heterocycles. The van der Waals surface area contributed by atoms with E-state index in [9.17, 15) is 9.90 Å². The summed E-state index contributed by atoms with van der Waals surface area (Å²) in [5.74, 6) is -0.671. The molecule has 0 aliphatic heterocycles. The summed E-state index contributed by atoms with van der Waals surface area (Å²) in [6, 6.07) is 22.2. The van der Waals surface area contributed by atoms with Gasteiger partial charge in [-0.25, -0.2) is 9.78 Å². The lowest BCUT2D eigenvalue weighted by atomic mass is 10.0. The number of fused-ring (bicyclic) bond motifs is 1. The Morgan fingerprint density at radius 3 is 2.47 bits per heavy atom. The summed E-state index contributed by atoms with van der Waals surface area (Å²) in [5.41, 5.74) is 12.0. The van der Waals surface area contributed by atoms with Crippen LogP contribution in [0.1, 0.15) is 15.9 Å². The molecule has 0 aliphatic rings. The molecule has 5 rings (SSSR count). The van der Waals surface area contributed by atoms with E-state index in [2.05, 4.69) is 15.0 Å². The molecule has 0 saturated heterocycles. The van der Waals surface area contributed by atoms with E-state index < -0.39 is 5.97 Å². The Kier molecular flexibility index (Phi) is 5.39. The average molecular weight is 471 g/mol. The molecule has 0 aliphatic carbocycles. The molecule has 3 aromatic carbocycles. The molecule has 0 spiro atoms. The smallest absolute Gasteiger partial charge is 0.336 e. The fraction of sp³-hybridized carbons (Fsp3) is 0.0385. The summed E-state index contributed by atoms with van der Waals surface area (Å²) in [4.78, 5) is 23.4. The van der Waals surface area contributed by atoms with Crippen molar-refractivity contribution in [2.75, 3.05) is 5.73 Å². The van der Waals surface area contributed by atoms with Crippen LogP contribution >= 0.6 is 11.6 Å². The molecule has 7 nitrogen and oxygen atoms in total. The molecule has 0 fully saturated rings. The summed E-state index contributed by atoms with van der Waals surface area (Å²) >= 11 is 6.53. The van der Waals surface area contributed by atoms with E-state index in [1.165, 1.54) is 6.07 Å². The number of nitrogens with one attached hydrogen (secondary N) is 1. The van der Waals surface area contributed by atoms with E-state index in [1.807, 2.05) is 48.5 Å². The van der Waals surface area contributed by atoms with Crippen molar-refractivity contribution in [1.82, 2.24) is 15.0 Å². The standard InChI is InChI=1S/C26H19ClN4O3/c1-14-6-11-17(12-19(14)25(32)33)34-26-29-22-13-20(27)23(30-24(22)31-26)16-9-7-15(8-10-16)18-4-2-3-5-21(18)28/h2-13H,28H2,1H3,(H,32,33)(H,29,30,31). The highest BCUT2D eigenvalue weighted by molar-refractivity contribution is 6.33. The molecule has 0 radical (unpaired) electrons. The maximum absolute atomic E-state index is 11.4. The lowest BCUT2D eigenvalue weighted by Crippen LogP contribution is -2.00. The first-order valence-electron chi connectivity index (χ1n) is 10.4. The number of para-hydroxylation sites is 1. The Balaban J connectivity index is 1.45. The number of nitrogens with two attached hydrogens (primary N) is 1. The largest absolute Gasteiger partial charge is 0.478 e. The zero-order valence-corrected chi connectivity index (χ0v) is 18.8. The van der Waals surface area contributed by atoms with Gasteiger partial charge in [-0.3, -0.25) is 0 Å². The molecule has 0 unspecified atom stereocenters. The van der Waals surface area contributed by atoms with Gasteiger partial charge < -0.3 is 20.6 Å². The van der Waals surface area contributed by atoms with Gasteiger partial charge in [-0.15, -0.1) is 0 Å². The third-order valence-corrected chi connectivity index (χ3v) is 5.78. The Labute approximate surface area is 199 Å². The van der Waals surface area contributed by atoms with E-state index in [0.29, 0.717) is 38.9 Å². The molecule has 2 heterocycles. The summed E-state index contributed by atoms with van der Waals surface area (Å²) in [6.07, 6.45) is 0. The number of aromatic amines is 1. The van der Waals surface area contributed by atoms with Gasteiger partial charge in [0, 0.05) is 16.8 Å². The number of aromatic nitrogens is 3. The first-order chi connectivity index (χ1) is 16.4. The van der Waals surface area contributed by atoms with Crippen LogP contribution in [0.2, 0.25) is 5.02 Å². The van der Waals surface area contributed by atoms with Crippen LogP contribution < -0.4 is 10.5 Å². The molecule has 8 heteroatoms. The van der Waals surface area contributed by atoms with Crippen LogP contribution in [0.15, 0.2) is 72.8 Å². The number of aryl methyl sites for hydroxylation is 1. The lowest BCUT2D eigenvalue weighted by Gasteiger charge is -2.08. The highest BCUT2D eigenvalue weighted by Crippen LogP contribution is 2.33. The van der Waals surface area contributed by atoms with Gasteiger partial charge in [0.05, 0.1) is 21.8 Å². The second-order valence-corrected chi connectivity index (χ2v) is 8.19. The second-order valence-electron chi connectivity index (χ2n) is 7.78. The minimum atomic E-state index is -1.02. The maximum atomic E-state index is 11.4. The molecule has 168 valence electrons. The van der Waals surface area contributed by atoms with E-state index in [0.717, 1.165) is 16.7 Å². The molecule has 34 heavy (non-hydrogen) atoms. The van der Waals surface area contributed by atoms with E-state index in [1.54, 1.807) is 25.1 Å². The number of halogens is 1. The van der Waals surface area contributed by atoms with Crippen molar-refractivity contribution in [2.24, 2.45) is 0 Å². The zero-order valence-electron chi connectivity index (χ0n) is 18.0. The van der Waals surface area contributed by atoms with Crippen LogP contribution in [-0.2, 0) is 0 Å². The number of rotatable bonds is 5. The SMILES string of the molecule is Cc1ccc(Oc2nc3nc(-c4ccc(-c5ccccc5N)cc4)c(Cl)cc3[nH]2)cc1C(=O)O. The highest BCUT2D eigenvalue weighted by Gasteiger charge is 2.14. The number of nitrogens with zero attached hydrogens (tertiary/aromatic N) is 2. The monoisotopic (exact) mass is 470 g/mol. The Morgan fingerprint density at radius 1 is 1.00 bits per heavy atom. The lowest BCUT2D eigenvalue weighted by molar-refractivity contribution is 0.0695. The van der Waals surface area contributed by atoms with Crippen molar-refractivity contribution >= 4 is 34.4 Å². The first kappa shape index (κ1) is 21.5. The third kappa shape index (κ3) is 4.04. The average Bonchev–Trinajstić information content (AvgIpc) is 3.21. The molecule has 5 aromatic rings. The minimum absolute atomic E-state index is 0.165. The molecular formula is C26H19ClN4O3. The first-order valence-corrected chi connectivity index (χ1v) is 10.8. The number of H-pyrrole nitrogens is 1. The van der Waals surface area contributed by atoms with Crippen molar-refractivity contribution < 1.29 is 14.6 Å². The van der Waals surface area contributed by atoms with Gasteiger partial charge in [0.15, 0.2) is 5.65 Å². The highest BCUT2D eigenvalue weighted by atomic mass is 35.5. The second kappa shape index (κ2) is 8.53. The summed E-state index contributed by atoms with van der Waals surface area (Å²) in [5, 5.41) is 9.78. The molecule has 4 N–H and O–H groups in total.